The van der Waals surface area contributed by atoms with Gasteiger partial charge in [-0.2, -0.15) is 5.26 Å². The minimum absolute atomic E-state index is 0.0336. The van der Waals surface area contributed by atoms with Crippen molar-refractivity contribution >= 4 is 35.0 Å². The van der Waals surface area contributed by atoms with E-state index in [2.05, 4.69) is 0 Å². The molecule has 0 aliphatic carbocycles. The average Bonchev–Trinajstić information content (AvgIpc) is 2.36. The second kappa shape index (κ2) is 7.14. The molecule has 1 rings (SSSR count). The van der Waals surface area contributed by atoms with Gasteiger partial charge in [0.15, 0.2) is 0 Å². The number of rotatable bonds is 5. The van der Waals surface area contributed by atoms with Crippen LogP contribution in [0.4, 0.5) is 5.69 Å². The molecule has 0 unspecified atom stereocenters. The van der Waals surface area contributed by atoms with Gasteiger partial charge >= 0.3 is 0 Å². The normalized spacial score (nSPS) is 9.83. The first-order valence-corrected chi connectivity index (χ1v) is 6.69. The average molecular weight is 284 g/mol. The number of nitrogens with two attached hydrogens (primary N) is 1. The van der Waals surface area contributed by atoms with E-state index < -0.39 is 0 Å². The highest BCUT2D eigenvalue weighted by molar-refractivity contribution is 8.00. The van der Waals surface area contributed by atoms with Crippen LogP contribution in [0.3, 0.4) is 0 Å². The SMILES string of the molecule is CN(CCC#N)C(=O)CSc1cc(N)ccc1Cl. The Balaban J connectivity index is 2.52. The van der Waals surface area contributed by atoms with Crippen molar-refractivity contribution in [2.45, 2.75) is 11.3 Å². The third kappa shape index (κ3) is 4.47. The third-order valence-corrected chi connectivity index (χ3v) is 3.77. The van der Waals surface area contributed by atoms with Crippen LogP contribution < -0.4 is 5.73 Å². The molecule has 2 N–H and O–H groups in total. The molecule has 0 heterocycles. The van der Waals surface area contributed by atoms with E-state index in [0.29, 0.717) is 23.7 Å². The highest BCUT2D eigenvalue weighted by atomic mass is 35.5. The predicted molar refractivity (Wildman–Crippen MR) is 74.5 cm³/mol. The second-order valence-electron chi connectivity index (χ2n) is 3.70. The number of carbonyl (C=O) groups is 1. The quantitative estimate of drug-likeness (QED) is 0.665. The van der Waals surface area contributed by atoms with Gasteiger partial charge in [-0.3, -0.25) is 4.79 Å². The minimum atomic E-state index is -0.0336. The number of nitrogens with zero attached hydrogens (tertiary/aromatic N) is 2. The van der Waals surface area contributed by atoms with E-state index in [9.17, 15) is 4.79 Å². The molecule has 0 spiro atoms. The van der Waals surface area contributed by atoms with Crippen LogP contribution in [0.5, 0.6) is 0 Å². The molecule has 18 heavy (non-hydrogen) atoms. The smallest absolute Gasteiger partial charge is 0.232 e. The molecule has 6 heteroatoms. The van der Waals surface area contributed by atoms with Gasteiger partial charge in [-0.15, -0.1) is 11.8 Å². The Morgan fingerprint density at radius 3 is 3.00 bits per heavy atom. The van der Waals surface area contributed by atoms with Gasteiger partial charge in [0.05, 0.1) is 23.3 Å². The third-order valence-electron chi connectivity index (χ3n) is 2.29. The second-order valence-corrected chi connectivity index (χ2v) is 5.13. The lowest BCUT2D eigenvalue weighted by Gasteiger charge is -2.15. The summed E-state index contributed by atoms with van der Waals surface area (Å²) in [7, 11) is 1.68. The first-order chi connectivity index (χ1) is 8.54. The van der Waals surface area contributed by atoms with Crippen molar-refractivity contribution in [3.63, 3.8) is 0 Å². The van der Waals surface area contributed by atoms with E-state index in [4.69, 9.17) is 22.6 Å². The van der Waals surface area contributed by atoms with E-state index in [1.807, 2.05) is 6.07 Å². The summed E-state index contributed by atoms with van der Waals surface area (Å²) in [5, 5.41) is 9.03. The number of benzene rings is 1. The van der Waals surface area contributed by atoms with Gasteiger partial charge in [0.2, 0.25) is 5.91 Å². The van der Waals surface area contributed by atoms with Crippen molar-refractivity contribution in [1.29, 1.82) is 5.26 Å². The topological polar surface area (TPSA) is 70.1 Å². The summed E-state index contributed by atoms with van der Waals surface area (Å²) in [5.41, 5.74) is 6.27. The van der Waals surface area contributed by atoms with E-state index in [1.165, 1.54) is 16.7 Å². The highest BCUT2D eigenvalue weighted by Gasteiger charge is 2.10. The maximum atomic E-state index is 11.7. The molecule has 0 fully saturated rings. The number of hydrogen-bond acceptors (Lipinski definition) is 4. The number of nitriles is 1. The van der Waals surface area contributed by atoms with E-state index in [1.54, 1.807) is 25.2 Å². The van der Waals surface area contributed by atoms with Gasteiger partial charge < -0.3 is 10.6 Å². The van der Waals surface area contributed by atoms with E-state index >= 15 is 0 Å². The van der Waals surface area contributed by atoms with Gasteiger partial charge in [-0.05, 0) is 18.2 Å². The van der Waals surface area contributed by atoms with Gasteiger partial charge in [0, 0.05) is 24.2 Å². The Morgan fingerprint density at radius 2 is 2.33 bits per heavy atom. The number of thioether (sulfide) groups is 1. The van der Waals surface area contributed by atoms with Crippen LogP contribution in [0, 0.1) is 11.3 Å². The van der Waals surface area contributed by atoms with Crippen LogP contribution in [0.1, 0.15) is 6.42 Å². The van der Waals surface area contributed by atoms with Gasteiger partial charge in [0.25, 0.3) is 0 Å². The van der Waals surface area contributed by atoms with Crippen molar-refractivity contribution in [1.82, 2.24) is 4.90 Å². The van der Waals surface area contributed by atoms with Crippen LogP contribution in [-0.2, 0) is 4.79 Å². The molecule has 96 valence electrons. The summed E-state index contributed by atoms with van der Waals surface area (Å²) < 4.78 is 0. The monoisotopic (exact) mass is 283 g/mol. The van der Waals surface area contributed by atoms with Gasteiger partial charge in [0.1, 0.15) is 0 Å². The Morgan fingerprint density at radius 1 is 1.61 bits per heavy atom. The lowest BCUT2D eigenvalue weighted by molar-refractivity contribution is -0.127. The molecule has 1 aromatic carbocycles. The number of carbonyl (C=O) groups excluding carboxylic acids is 1. The molecule has 0 aliphatic rings. The molecule has 0 aliphatic heterocycles. The first kappa shape index (κ1) is 14.7. The Labute approximate surface area is 116 Å². The summed E-state index contributed by atoms with van der Waals surface area (Å²) in [6, 6.07) is 7.18. The summed E-state index contributed by atoms with van der Waals surface area (Å²) in [6.07, 6.45) is 0.339. The Bertz CT molecular complexity index is 473. The van der Waals surface area contributed by atoms with Crippen LogP contribution in [-0.4, -0.2) is 30.2 Å². The first-order valence-electron chi connectivity index (χ1n) is 5.33. The van der Waals surface area contributed by atoms with Crippen LogP contribution >= 0.6 is 23.4 Å². The summed E-state index contributed by atoms with van der Waals surface area (Å²) >= 11 is 7.34. The fourth-order valence-electron chi connectivity index (χ4n) is 1.22. The molecular formula is C12H14ClN3OS. The Hall–Kier alpha value is -1.38. The highest BCUT2D eigenvalue weighted by Crippen LogP contribution is 2.29. The molecule has 0 bridgehead atoms. The largest absolute Gasteiger partial charge is 0.399 e. The number of amides is 1. The van der Waals surface area contributed by atoms with Gasteiger partial charge in [-0.25, -0.2) is 0 Å². The van der Waals surface area contributed by atoms with Crippen molar-refractivity contribution in [3.8, 4) is 6.07 Å². The van der Waals surface area contributed by atoms with E-state index in [0.717, 1.165) is 4.90 Å². The zero-order valence-electron chi connectivity index (χ0n) is 10.0. The zero-order valence-corrected chi connectivity index (χ0v) is 11.6. The maximum Gasteiger partial charge on any atom is 0.232 e. The lowest BCUT2D eigenvalue weighted by atomic mass is 10.3. The van der Waals surface area contributed by atoms with Crippen molar-refractivity contribution in [2.24, 2.45) is 0 Å². The van der Waals surface area contributed by atoms with Gasteiger partial charge in [-0.1, -0.05) is 11.6 Å². The summed E-state index contributed by atoms with van der Waals surface area (Å²) in [6.45, 7) is 0.445. The zero-order chi connectivity index (χ0) is 13.5. The fraction of sp³-hybridized carbons (Fsp3) is 0.333. The van der Waals surface area contributed by atoms with Crippen LogP contribution in [0.25, 0.3) is 0 Å². The lowest BCUT2D eigenvalue weighted by Crippen LogP contribution is -2.29. The molecular weight excluding hydrogens is 270 g/mol. The van der Waals surface area contributed by atoms with Crippen LogP contribution in [0.15, 0.2) is 23.1 Å². The minimum Gasteiger partial charge on any atom is -0.399 e. The molecule has 4 nitrogen and oxygen atoms in total. The van der Waals surface area contributed by atoms with Crippen molar-refractivity contribution in [2.75, 3.05) is 25.1 Å². The maximum absolute atomic E-state index is 11.7. The van der Waals surface area contributed by atoms with Crippen LogP contribution in [0.2, 0.25) is 5.02 Å². The van der Waals surface area contributed by atoms with Crippen molar-refractivity contribution < 1.29 is 4.79 Å². The number of halogens is 1. The number of anilines is 1. The summed E-state index contributed by atoms with van der Waals surface area (Å²) in [5.74, 6) is 0.249. The molecule has 0 atom stereocenters. The Kier molecular flexibility index (Phi) is 5.83. The molecule has 1 amide bonds. The standard InChI is InChI=1S/C12H14ClN3OS/c1-16(6-2-5-14)12(17)8-18-11-7-9(15)3-4-10(11)13/h3-4,7H,2,6,8,15H2,1H3. The predicted octanol–water partition coefficient (Wildman–Crippen LogP) is 2.39. The molecule has 0 saturated carbocycles. The number of hydrogen-bond donors (Lipinski definition) is 1. The molecule has 0 saturated heterocycles. The fourth-order valence-corrected chi connectivity index (χ4v) is 2.43. The van der Waals surface area contributed by atoms with E-state index in [-0.39, 0.29) is 11.7 Å². The van der Waals surface area contributed by atoms with Crippen molar-refractivity contribution in [3.05, 3.63) is 23.2 Å². The molecule has 0 aromatic heterocycles. The number of nitrogen functional groups attached to an aromatic ring is 1. The molecule has 1 aromatic rings. The molecule has 0 radical (unpaired) electrons. The summed E-state index contributed by atoms with van der Waals surface area (Å²) in [4.78, 5) is 14.1.